The van der Waals surface area contributed by atoms with E-state index in [0.717, 1.165) is 23.4 Å². The van der Waals surface area contributed by atoms with Crippen molar-refractivity contribution in [2.75, 3.05) is 11.9 Å². The minimum Gasteiger partial charge on any atom is -0.491 e. The Labute approximate surface area is 119 Å². The summed E-state index contributed by atoms with van der Waals surface area (Å²) in [7, 11) is 0. The van der Waals surface area contributed by atoms with Crippen LogP contribution in [0.2, 0.25) is 5.02 Å². The highest BCUT2D eigenvalue weighted by molar-refractivity contribution is 7.12. The largest absolute Gasteiger partial charge is 0.491 e. The van der Waals surface area contributed by atoms with Crippen molar-refractivity contribution in [3.8, 4) is 5.75 Å². The van der Waals surface area contributed by atoms with Gasteiger partial charge in [-0.25, -0.2) is 4.98 Å². The number of hydrogen-bond acceptors (Lipinski definition) is 4. The predicted molar refractivity (Wildman–Crippen MR) is 75.5 cm³/mol. The molecule has 19 heavy (non-hydrogen) atoms. The number of aryl methyl sites for hydroxylation is 1. The van der Waals surface area contributed by atoms with Crippen molar-refractivity contribution in [2.24, 2.45) is 0 Å². The number of anilines is 1. The second-order valence-electron chi connectivity index (χ2n) is 4.26. The lowest BCUT2D eigenvalue weighted by atomic mass is 10.1. The molecular weight excluding hydrogens is 284 g/mol. The molecule has 0 saturated carbocycles. The van der Waals surface area contributed by atoms with Gasteiger partial charge in [0.05, 0.1) is 23.5 Å². The molecule has 2 heterocycles. The van der Waals surface area contributed by atoms with E-state index in [1.54, 1.807) is 11.6 Å². The number of thiazole rings is 1. The van der Waals surface area contributed by atoms with Crippen molar-refractivity contribution < 1.29 is 9.53 Å². The maximum Gasteiger partial charge on any atom is 0.267 e. The molecule has 6 heteroatoms. The van der Waals surface area contributed by atoms with E-state index >= 15 is 0 Å². The highest BCUT2D eigenvalue weighted by Crippen LogP contribution is 2.37. The standard InChI is InChI=1S/C13H11ClN2O2S/c1-7-12(19-6-15-7)13(17)16-10-5-9(14)4-8-2-3-18-11(8)10/h4-6H,2-3H2,1H3,(H,16,17). The smallest absolute Gasteiger partial charge is 0.267 e. The third-order valence-corrected chi connectivity index (χ3v) is 4.09. The molecule has 1 aromatic carbocycles. The van der Waals surface area contributed by atoms with E-state index in [-0.39, 0.29) is 5.91 Å². The Kier molecular flexibility index (Phi) is 3.16. The first-order valence-electron chi connectivity index (χ1n) is 5.82. The lowest BCUT2D eigenvalue weighted by Gasteiger charge is -2.10. The average Bonchev–Trinajstić information content (AvgIpc) is 2.97. The van der Waals surface area contributed by atoms with Gasteiger partial charge in [-0.3, -0.25) is 4.79 Å². The van der Waals surface area contributed by atoms with Crippen molar-refractivity contribution >= 4 is 34.5 Å². The molecule has 1 aliphatic rings. The monoisotopic (exact) mass is 294 g/mol. The zero-order chi connectivity index (χ0) is 13.4. The molecule has 0 fully saturated rings. The molecule has 3 rings (SSSR count). The summed E-state index contributed by atoms with van der Waals surface area (Å²) in [5.74, 6) is 0.542. The van der Waals surface area contributed by atoms with Crippen molar-refractivity contribution in [3.05, 3.63) is 38.8 Å². The van der Waals surface area contributed by atoms with E-state index in [0.29, 0.717) is 22.2 Å². The number of fused-ring (bicyclic) bond motifs is 1. The second kappa shape index (κ2) is 4.83. The Morgan fingerprint density at radius 1 is 1.53 bits per heavy atom. The Morgan fingerprint density at radius 3 is 3.11 bits per heavy atom. The summed E-state index contributed by atoms with van der Waals surface area (Å²) in [5.41, 5.74) is 4.03. The van der Waals surface area contributed by atoms with Gasteiger partial charge < -0.3 is 10.1 Å². The summed E-state index contributed by atoms with van der Waals surface area (Å²) >= 11 is 7.37. The molecule has 0 radical (unpaired) electrons. The average molecular weight is 295 g/mol. The van der Waals surface area contributed by atoms with Crippen LogP contribution in [0.3, 0.4) is 0 Å². The lowest BCUT2D eigenvalue weighted by Crippen LogP contribution is -2.12. The molecule has 1 amide bonds. The SMILES string of the molecule is Cc1ncsc1C(=O)Nc1cc(Cl)cc2c1OCC2. The van der Waals surface area contributed by atoms with Crippen LogP contribution in [0, 0.1) is 6.92 Å². The maximum atomic E-state index is 12.2. The van der Waals surface area contributed by atoms with Gasteiger partial charge in [-0.1, -0.05) is 11.6 Å². The van der Waals surface area contributed by atoms with Crippen LogP contribution in [0.15, 0.2) is 17.6 Å². The van der Waals surface area contributed by atoms with E-state index in [2.05, 4.69) is 10.3 Å². The fourth-order valence-electron chi connectivity index (χ4n) is 2.06. The van der Waals surface area contributed by atoms with E-state index in [1.807, 2.05) is 13.0 Å². The predicted octanol–water partition coefficient (Wildman–Crippen LogP) is 3.29. The van der Waals surface area contributed by atoms with Crippen molar-refractivity contribution in [1.82, 2.24) is 4.98 Å². The topological polar surface area (TPSA) is 51.2 Å². The Balaban J connectivity index is 1.92. The summed E-state index contributed by atoms with van der Waals surface area (Å²) < 4.78 is 5.55. The van der Waals surface area contributed by atoms with Crippen LogP contribution in [0.5, 0.6) is 5.75 Å². The Morgan fingerprint density at radius 2 is 2.37 bits per heavy atom. The zero-order valence-corrected chi connectivity index (χ0v) is 11.8. The molecule has 1 aromatic heterocycles. The fourth-order valence-corrected chi connectivity index (χ4v) is 3.00. The fraction of sp³-hybridized carbons (Fsp3) is 0.231. The molecule has 0 unspecified atom stereocenters. The Hall–Kier alpha value is -1.59. The number of halogens is 1. The van der Waals surface area contributed by atoms with Gasteiger partial charge in [-0.05, 0) is 19.1 Å². The zero-order valence-electron chi connectivity index (χ0n) is 10.2. The van der Waals surface area contributed by atoms with Gasteiger partial charge in [0.1, 0.15) is 10.6 Å². The number of nitrogens with zero attached hydrogens (tertiary/aromatic N) is 1. The van der Waals surface area contributed by atoms with Crippen LogP contribution >= 0.6 is 22.9 Å². The van der Waals surface area contributed by atoms with Crippen LogP contribution in [0.25, 0.3) is 0 Å². The highest BCUT2D eigenvalue weighted by atomic mass is 35.5. The summed E-state index contributed by atoms with van der Waals surface area (Å²) in [6.45, 7) is 2.43. The van der Waals surface area contributed by atoms with Gasteiger partial charge in [-0.15, -0.1) is 11.3 Å². The van der Waals surface area contributed by atoms with E-state index in [1.165, 1.54) is 11.3 Å². The number of carbonyl (C=O) groups excluding carboxylic acids is 1. The first kappa shape index (κ1) is 12.4. The number of benzene rings is 1. The number of nitrogens with one attached hydrogen (secondary N) is 1. The first-order valence-corrected chi connectivity index (χ1v) is 7.07. The van der Waals surface area contributed by atoms with Gasteiger partial charge in [0.2, 0.25) is 0 Å². The lowest BCUT2D eigenvalue weighted by molar-refractivity contribution is 0.102. The molecule has 4 nitrogen and oxygen atoms in total. The van der Waals surface area contributed by atoms with Gasteiger partial charge in [0.25, 0.3) is 5.91 Å². The van der Waals surface area contributed by atoms with E-state index < -0.39 is 0 Å². The third kappa shape index (κ3) is 2.31. The molecule has 1 N–H and O–H groups in total. The molecule has 0 bridgehead atoms. The minimum atomic E-state index is -0.181. The number of rotatable bonds is 2. The summed E-state index contributed by atoms with van der Waals surface area (Å²) in [6, 6.07) is 3.58. The number of aromatic nitrogens is 1. The molecular formula is C13H11ClN2O2S. The van der Waals surface area contributed by atoms with Gasteiger partial charge >= 0.3 is 0 Å². The molecule has 98 valence electrons. The summed E-state index contributed by atoms with van der Waals surface area (Å²) in [5, 5.41) is 3.45. The van der Waals surface area contributed by atoms with Gasteiger partial charge in [0.15, 0.2) is 0 Å². The summed E-state index contributed by atoms with van der Waals surface area (Å²) in [6.07, 6.45) is 0.818. The van der Waals surface area contributed by atoms with Crippen molar-refractivity contribution in [1.29, 1.82) is 0 Å². The molecule has 2 aromatic rings. The van der Waals surface area contributed by atoms with Crippen LogP contribution in [-0.4, -0.2) is 17.5 Å². The molecule has 0 aliphatic carbocycles. The highest BCUT2D eigenvalue weighted by Gasteiger charge is 2.20. The van der Waals surface area contributed by atoms with Crippen LogP contribution in [0.1, 0.15) is 20.9 Å². The molecule has 0 atom stereocenters. The van der Waals surface area contributed by atoms with E-state index in [4.69, 9.17) is 16.3 Å². The van der Waals surface area contributed by atoms with Crippen molar-refractivity contribution in [3.63, 3.8) is 0 Å². The molecule has 0 spiro atoms. The van der Waals surface area contributed by atoms with Gasteiger partial charge in [0, 0.05) is 17.0 Å². The number of ether oxygens (including phenoxy) is 1. The minimum absolute atomic E-state index is 0.181. The maximum absolute atomic E-state index is 12.2. The van der Waals surface area contributed by atoms with Crippen LogP contribution < -0.4 is 10.1 Å². The third-order valence-electron chi connectivity index (χ3n) is 2.95. The molecule has 1 aliphatic heterocycles. The van der Waals surface area contributed by atoms with Crippen LogP contribution in [-0.2, 0) is 6.42 Å². The van der Waals surface area contributed by atoms with E-state index in [9.17, 15) is 4.79 Å². The number of amides is 1. The second-order valence-corrected chi connectivity index (χ2v) is 5.55. The quantitative estimate of drug-likeness (QED) is 0.924. The Bertz CT molecular complexity index is 654. The first-order chi connectivity index (χ1) is 9.15. The van der Waals surface area contributed by atoms with Crippen molar-refractivity contribution in [2.45, 2.75) is 13.3 Å². The number of carbonyl (C=O) groups is 1. The molecule has 0 saturated heterocycles. The van der Waals surface area contributed by atoms with Crippen LogP contribution in [0.4, 0.5) is 5.69 Å². The number of hydrogen-bond donors (Lipinski definition) is 1. The van der Waals surface area contributed by atoms with Gasteiger partial charge in [-0.2, -0.15) is 0 Å². The summed E-state index contributed by atoms with van der Waals surface area (Å²) in [4.78, 5) is 16.8. The normalized spacial score (nSPS) is 12.9.